The summed E-state index contributed by atoms with van der Waals surface area (Å²) < 4.78 is 0. The van der Waals surface area contributed by atoms with Crippen LogP contribution in [-0.2, 0) is 6.42 Å². The fourth-order valence-electron chi connectivity index (χ4n) is 1.79. The Morgan fingerprint density at radius 3 is 2.93 bits per heavy atom. The first kappa shape index (κ1) is 9.21. The fraction of sp³-hybridized carbons (Fsp3) is 0.556. The van der Waals surface area contributed by atoms with Crippen LogP contribution < -0.4 is 16.6 Å². The Labute approximate surface area is 80.6 Å². The zero-order valence-electron chi connectivity index (χ0n) is 7.80. The second-order valence-corrected chi connectivity index (χ2v) is 3.66. The summed E-state index contributed by atoms with van der Waals surface area (Å²) in [6, 6.07) is 0. The molecule has 0 aliphatic carbocycles. The van der Waals surface area contributed by atoms with Crippen LogP contribution in [0, 0.1) is 5.92 Å². The smallest absolute Gasteiger partial charge is 0.316 e. The van der Waals surface area contributed by atoms with Gasteiger partial charge in [0.05, 0.1) is 0 Å². The van der Waals surface area contributed by atoms with Gasteiger partial charge in [0, 0.05) is 11.8 Å². The maximum Gasteiger partial charge on any atom is 0.325 e. The minimum absolute atomic E-state index is 0.263. The molecule has 1 aliphatic rings. The molecule has 3 N–H and O–H groups in total. The molecule has 0 aromatic carbocycles. The molecule has 0 spiro atoms. The van der Waals surface area contributed by atoms with E-state index in [1.807, 2.05) is 0 Å². The van der Waals surface area contributed by atoms with Crippen molar-refractivity contribution in [2.24, 2.45) is 5.92 Å². The van der Waals surface area contributed by atoms with Crippen LogP contribution in [0.2, 0.25) is 0 Å². The van der Waals surface area contributed by atoms with Gasteiger partial charge in [0.15, 0.2) is 0 Å². The van der Waals surface area contributed by atoms with Crippen molar-refractivity contribution < 1.29 is 0 Å². The van der Waals surface area contributed by atoms with Gasteiger partial charge in [-0.05, 0) is 31.8 Å². The maximum absolute atomic E-state index is 11.3. The van der Waals surface area contributed by atoms with Crippen LogP contribution in [0.1, 0.15) is 12.0 Å². The summed E-state index contributed by atoms with van der Waals surface area (Å²) in [5, 5.41) is 3.24. The quantitative estimate of drug-likeness (QED) is 0.579. The third kappa shape index (κ3) is 1.93. The van der Waals surface area contributed by atoms with Gasteiger partial charge in [-0.1, -0.05) is 0 Å². The van der Waals surface area contributed by atoms with E-state index in [9.17, 15) is 9.59 Å². The second-order valence-electron chi connectivity index (χ2n) is 3.66. The number of aromatic nitrogens is 2. The van der Waals surface area contributed by atoms with Gasteiger partial charge in [-0.3, -0.25) is 9.78 Å². The van der Waals surface area contributed by atoms with Gasteiger partial charge in [0.1, 0.15) is 0 Å². The number of H-pyrrole nitrogens is 2. The normalized spacial score (nSPS) is 21.3. The molecule has 0 bridgehead atoms. The van der Waals surface area contributed by atoms with E-state index in [4.69, 9.17) is 0 Å². The number of rotatable bonds is 2. The summed E-state index contributed by atoms with van der Waals surface area (Å²) in [7, 11) is 0. The lowest BCUT2D eigenvalue weighted by atomic mass is 10.0. The van der Waals surface area contributed by atoms with Crippen molar-refractivity contribution in [2.75, 3.05) is 13.1 Å². The molecule has 1 aliphatic heterocycles. The van der Waals surface area contributed by atoms with Crippen molar-refractivity contribution in [3.05, 3.63) is 32.6 Å². The molecular formula is C9H13N3O2. The first-order valence-corrected chi connectivity index (χ1v) is 4.77. The van der Waals surface area contributed by atoms with Crippen LogP contribution >= 0.6 is 0 Å². The van der Waals surface area contributed by atoms with Gasteiger partial charge in [0.25, 0.3) is 5.56 Å². The number of hydrogen-bond acceptors (Lipinski definition) is 3. The summed E-state index contributed by atoms with van der Waals surface area (Å²) >= 11 is 0. The van der Waals surface area contributed by atoms with E-state index in [1.165, 1.54) is 6.20 Å². The Morgan fingerprint density at radius 2 is 2.29 bits per heavy atom. The maximum atomic E-state index is 11.3. The molecule has 1 fully saturated rings. The molecule has 14 heavy (non-hydrogen) atoms. The highest BCUT2D eigenvalue weighted by molar-refractivity contribution is 5.05. The van der Waals surface area contributed by atoms with E-state index in [0.29, 0.717) is 11.5 Å². The predicted octanol–water partition coefficient (Wildman–Crippen LogP) is -0.785. The second kappa shape index (κ2) is 3.79. The average molecular weight is 195 g/mol. The van der Waals surface area contributed by atoms with E-state index in [-0.39, 0.29) is 5.56 Å². The average Bonchev–Trinajstić information content (AvgIpc) is 2.62. The van der Waals surface area contributed by atoms with Crippen molar-refractivity contribution in [3.8, 4) is 0 Å². The van der Waals surface area contributed by atoms with Crippen molar-refractivity contribution >= 4 is 0 Å². The summed E-state index contributed by atoms with van der Waals surface area (Å²) in [6.07, 6.45) is 3.34. The lowest BCUT2D eigenvalue weighted by Crippen LogP contribution is -2.26. The van der Waals surface area contributed by atoms with Crippen molar-refractivity contribution in [2.45, 2.75) is 12.8 Å². The van der Waals surface area contributed by atoms with Gasteiger partial charge in [-0.2, -0.15) is 0 Å². The predicted molar refractivity (Wildman–Crippen MR) is 52.4 cm³/mol. The molecule has 1 aromatic rings. The monoisotopic (exact) mass is 195 g/mol. The lowest BCUT2D eigenvalue weighted by Gasteiger charge is -2.05. The molecule has 1 aromatic heterocycles. The Balaban J connectivity index is 2.16. The molecule has 1 saturated heterocycles. The van der Waals surface area contributed by atoms with Crippen molar-refractivity contribution in [1.29, 1.82) is 0 Å². The molecule has 5 heteroatoms. The zero-order valence-corrected chi connectivity index (χ0v) is 7.80. The Hall–Kier alpha value is -1.36. The third-order valence-corrected chi connectivity index (χ3v) is 2.57. The van der Waals surface area contributed by atoms with Crippen molar-refractivity contribution in [3.63, 3.8) is 0 Å². The van der Waals surface area contributed by atoms with Gasteiger partial charge in [-0.15, -0.1) is 0 Å². The van der Waals surface area contributed by atoms with Crippen LogP contribution in [0.15, 0.2) is 15.8 Å². The minimum Gasteiger partial charge on any atom is -0.316 e. The SMILES string of the molecule is O=c1[nH]cc(CC2CCNC2)c(=O)[nH]1. The minimum atomic E-state index is -0.441. The van der Waals surface area contributed by atoms with Crippen LogP contribution in [0.4, 0.5) is 0 Å². The Bertz CT molecular complexity index is 415. The van der Waals surface area contributed by atoms with Crippen molar-refractivity contribution in [1.82, 2.24) is 15.3 Å². The van der Waals surface area contributed by atoms with Gasteiger partial charge < -0.3 is 10.3 Å². The molecular weight excluding hydrogens is 182 g/mol. The molecule has 0 saturated carbocycles. The Kier molecular flexibility index (Phi) is 2.49. The molecule has 76 valence electrons. The zero-order chi connectivity index (χ0) is 9.97. The van der Waals surface area contributed by atoms with Crippen LogP contribution in [0.25, 0.3) is 0 Å². The van der Waals surface area contributed by atoms with Crippen LogP contribution in [0.5, 0.6) is 0 Å². The molecule has 0 amide bonds. The Morgan fingerprint density at radius 1 is 1.43 bits per heavy atom. The van der Waals surface area contributed by atoms with Crippen LogP contribution in [-0.4, -0.2) is 23.1 Å². The lowest BCUT2D eigenvalue weighted by molar-refractivity contribution is 0.574. The highest BCUT2D eigenvalue weighted by atomic mass is 16.2. The highest BCUT2D eigenvalue weighted by Gasteiger charge is 2.16. The van der Waals surface area contributed by atoms with Gasteiger partial charge >= 0.3 is 5.69 Å². The third-order valence-electron chi connectivity index (χ3n) is 2.57. The molecule has 5 nitrogen and oxygen atoms in total. The molecule has 2 rings (SSSR count). The van der Waals surface area contributed by atoms with E-state index in [2.05, 4.69) is 15.3 Å². The summed E-state index contributed by atoms with van der Waals surface area (Å²) in [6.45, 7) is 1.98. The number of nitrogens with one attached hydrogen (secondary N) is 3. The fourth-order valence-corrected chi connectivity index (χ4v) is 1.79. The first-order valence-electron chi connectivity index (χ1n) is 4.77. The first-order chi connectivity index (χ1) is 6.75. The topological polar surface area (TPSA) is 77.8 Å². The van der Waals surface area contributed by atoms with E-state index in [0.717, 1.165) is 25.9 Å². The molecule has 0 radical (unpaired) electrons. The largest absolute Gasteiger partial charge is 0.325 e. The standard InChI is InChI=1S/C9H13N3O2/c13-8-7(5-11-9(14)12-8)3-6-1-2-10-4-6/h5-6,10H,1-4H2,(H2,11,12,13,14). The van der Waals surface area contributed by atoms with E-state index < -0.39 is 5.69 Å². The molecule has 1 unspecified atom stereocenters. The number of hydrogen-bond donors (Lipinski definition) is 3. The van der Waals surface area contributed by atoms with Gasteiger partial charge in [0.2, 0.25) is 0 Å². The highest BCUT2D eigenvalue weighted by Crippen LogP contribution is 2.11. The molecule has 2 heterocycles. The van der Waals surface area contributed by atoms with Gasteiger partial charge in [-0.25, -0.2) is 4.79 Å². The van der Waals surface area contributed by atoms with E-state index in [1.54, 1.807) is 0 Å². The molecule has 1 atom stereocenters. The van der Waals surface area contributed by atoms with Crippen LogP contribution in [0.3, 0.4) is 0 Å². The number of aromatic amines is 2. The summed E-state index contributed by atoms with van der Waals surface area (Å²) in [4.78, 5) is 26.8. The summed E-state index contributed by atoms with van der Waals surface area (Å²) in [5.41, 5.74) is -0.0396. The van der Waals surface area contributed by atoms with E-state index >= 15 is 0 Å². The summed E-state index contributed by atoms with van der Waals surface area (Å²) in [5.74, 6) is 0.516.